The SMILES string of the molecule is C=C(C(=O)O)c1cc(F)ccn1. The zero-order chi connectivity index (χ0) is 9.14. The van der Waals surface area contributed by atoms with Crippen molar-refractivity contribution in [1.82, 2.24) is 4.98 Å². The fourth-order valence-electron chi connectivity index (χ4n) is 0.679. The molecule has 0 aliphatic rings. The van der Waals surface area contributed by atoms with Gasteiger partial charge < -0.3 is 5.11 Å². The first kappa shape index (κ1) is 8.39. The predicted molar refractivity (Wildman–Crippen MR) is 40.9 cm³/mol. The number of carboxylic acid groups (broad SMARTS) is 1. The summed E-state index contributed by atoms with van der Waals surface area (Å²) >= 11 is 0. The van der Waals surface area contributed by atoms with Crippen LogP contribution in [-0.2, 0) is 4.79 Å². The van der Waals surface area contributed by atoms with Gasteiger partial charge in [-0.25, -0.2) is 9.18 Å². The van der Waals surface area contributed by atoms with Gasteiger partial charge in [-0.2, -0.15) is 0 Å². The number of aliphatic carboxylic acids is 1. The van der Waals surface area contributed by atoms with Gasteiger partial charge >= 0.3 is 5.97 Å². The van der Waals surface area contributed by atoms with Gasteiger partial charge in [0.25, 0.3) is 0 Å². The third-order valence-electron chi connectivity index (χ3n) is 1.29. The van der Waals surface area contributed by atoms with Crippen LogP contribution in [0.1, 0.15) is 5.69 Å². The van der Waals surface area contributed by atoms with E-state index < -0.39 is 11.8 Å². The van der Waals surface area contributed by atoms with Crippen molar-refractivity contribution in [3.05, 3.63) is 36.4 Å². The first-order valence-corrected chi connectivity index (χ1v) is 3.15. The van der Waals surface area contributed by atoms with Gasteiger partial charge in [0.1, 0.15) is 5.82 Å². The summed E-state index contributed by atoms with van der Waals surface area (Å²) in [5.41, 5.74) is -0.169. The van der Waals surface area contributed by atoms with E-state index in [-0.39, 0.29) is 11.3 Å². The highest BCUT2D eigenvalue weighted by Gasteiger charge is 2.08. The summed E-state index contributed by atoms with van der Waals surface area (Å²) in [6, 6.07) is 2.16. The Kier molecular flexibility index (Phi) is 2.19. The molecule has 1 N–H and O–H groups in total. The Hall–Kier alpha value is -1.71. The molecule has 0 aliphatic carbocycles. The lowest BCUT2D eigenvalue weighted by molar-refractivity contribution is -0.130. The summed E-state index contributed by atoms with van der Waals surface area (Å²) in [4.78, 5) is 14.0. The van der Waals surface area contributed by atoms with Crippen molar-refractivity contribution in [2.75, 3.05) is 0 Å². The fourth-order valence-corrected chi connectivity index (χ4v) is 0.679. The molecule has 0 unspecified atom stereocenters. The molecule has 0 bridgehead atoms. The zero-order valence-electron chi connectivity index (χ0n) is 6.12. The summed E-state index contributed by atoms with van der Waals surface area (Å²) in [6.07, 6.45) is 1.19. The molecule has 1 heterocycles. The van der Waals surface area contributed by atoms with Crippen molar-refractivity contribution >= 4 is 11.5 Å². The van der Waals surface area contributed by atoms with E-state index in [2.05, 4.69) is 11.6 Å². The van der Waals surface area contributed by atoms with Crippen molar-refractivity contribution in [2.24, 2.45) is 0 Å². The van der Waals surface area contributed by atoms with Crippen molar-refractivity contribution in [1.29, 1.82) is 0 Å². The van der Waals surface area contributed by atoms with Crippen molar-refractivity contribution in [3.8, 4) is 0 Å². The van der Waals surface area contributed by atoms with Crippen molar-refractivity contribution in [3.63, 3.8) is 0 Å². The maximum Gasteiger partial charge on any atom is 0.337 e. The van der Waals surface area contributed by atoms with E-state index in [1.807, 2.05) is 0 Å². The van der Waals surface area contributed by atoms with Crippen LogP contribution in [0.2, 0.25) is 0 Å². The fraction of sp³-hybridized carbons (Fsp3) is 0. The van der Waals surface area contributed by atoms with E-state index >= 15 is 0 Å². The Bertz CT molecular complexity index is 336. The van der Waals surface area contributed by atoms with E-state index in [1.165, 1.54) is 6.20 Å². The molecule has 0 aromatic carbocycles. The molecule has 4 heteroatoms. The average Bonchev–Trinajstić information content (AvgIpc) is 2.03. The molecule has 0 atom stereocenters. The van der Waals surface area contributed by atoms with Gasteiger partial charge in [-0.3, -0.25) is 4.98 Å². The molecular formula is C8H6FNO2. The van der Waals surface area contributed by atoms with Crippen LogP contribution in [0.25, 0.3) is 5.57 Å². The van der Waals surface area contributed by atoms with Crippen LogP contribution in [-0.4, -0.2) is 16.1 Å². The molecule has 0 saturated carbocycles. The Morgan fingerprint density at radius 1 is 1.67 bits per heavy atom. The Balaban J connectivity index is 3.04. The van der Waals surface area contributed by atoms with Gasteiger partial charge in [-0.1, -0.05) is 6.58 Å². The largest absolute Gasteiger partial charge is 0.478 e. The standard InChI is InChI=1S/C8H6FNO2/c1-5(8(11)12)7-4-6(9)2-3-10-7/h2-4H,1H2,(H,11,12). The van der Waals surface area contributed by atoms with E-state index in [1.54, 1.807) is 0 Å². The van der Waals surface area contributed by atoms with Crippen molar-refractivity contribution < 1.29 is 14.3 Å². The minimum atomic E-state index is -1.20. The first-order valence-electron chi connectivity index (χ1n) is 3.15. The van der Waals surface area contributed by atoms with E-state index in [9.17, 15) is 9.18 Å². The molecule has 0 radical (unpaired) electrons. The molecule has 1 aromatic rings. The van der Waals surface area contributed by atoms with Gasteiger partial charge in [0, 0.05) is 12.3 Å². The van der Waals surface area contributed by atoms with Crippen molar-refractivity contribution in [2.45, 2.75) is 0 Å². The number of carboxylic acids is 1. The number of carbonyl (C=O) groups is 1. The number of halogens is 1. The molecule has 0 fully saturated rings. The molecule has 1 rings (SSSR count). The number of aromatic nitrogens is 1. The predicted octanol–water partition coefficient (Wildman–Crippen LogP) is 1.32. The number of hydrogen-bond acceptors (Lipinski definition) is 2. The van der Waals surface area contributed by atoms with Gasteiger partial charge in [-0.05, 0) is 6.07 Å². The average molecular weight is 167 g/mol. The smallest absolute Gasteiger partial charge is 0.337 e. The summed E-state index contributed by atoms with van der Waals surface area (Å²) in [7, 11) is 0. The van der Waals surface area contributed by atoms with Crippen LogP contribution < -0.4 is 0 Å². The van der Waals surface area contributed by atoms with Crippen LogP contribution in [0.4, 0.5) is 4.39 Å². The topological polar surface area (TPSA) is 50.2 Å². The summed E-state index contributed by atoms with van der Waals surface area (Å²) in [6.45, 7) is 3.24. The lowest BCUT2D eigenvalue weighted by Gasteiger charge is -1.97. The molecule has 3 nitrogen and oxygen atoms in total. The molecule has 0 aliphatic heterocycles. The maximum absolute atomic E-state index is 12.5. The Morgan fingerprint density at radius 3 is 2.83 bits per heavy atom. The van der Waals surface area contributed by atoms with Crippen LogP contribution in [0.15, 0.2) is 24.9 Å². The summed E-state index contributed by atoms with van der Waals surface area (Å²) in [5, 5.41) is 8.46. The summed E-state index contributed by atoms with van der Waals surface area (Å²) < 4.78 is 12.5. The van der Waals surface area contributed by atoms with Crippen LogP contribution in [0, 0.1) is 5.82 Å². The van der Waals surface area contributed by atoms with E-state index in [0.29, 0.717) is 0 Å². The quantitative estimate of drug-likeness (QED) is 0.676. The Labute approximate surface area is 68.2 Å². The normalized spacial score (nSPS) is 9.42. The second-order valence-electron chi connectivity index (χ2n) is 2.14. The molecule has 0 amide bonds. The lowest BCUT2D eigenvalue weighted by atomic mass is 10.2. The minimum absolute atomic E-state index is 0.0440. The maximum atomic E-state index is 12.5. The Morgan fingerprint density at radius 2 is 2.33 bits per heavy atom. The number of hydrogen-bond donors (Lipinski definition) is 1. The number of pyridine rings is 1. The first-order chi connectivity index (χ1) is 5.61. The summed E-state index contributed by atoms with van der Waals surface area (Å²) in [5.74, 6) is -1.73. The minimum Gasteiger partial charge on any atom is -0.478 e. The molecule has 12 heavy (non-hydrogen) atoms. The van der Waals surface area contributed by atoms with Crippen LogP contribution >= 0.6 is 0 Å². The second-order valence-corrected chi connectivity index (χ2v) is 2.14. The molecule has 0 spiro atoms. The van der Waals surface area contributed by atoms with Crippen LogP contribution in [0.3, 0.4) is 0 Å². The molecule has 1 aromatic heterocycles. The zero-order valence-corrected chi connectivity index (χ0v) is 6.12. The molecule has 62 valence electrons. The highest BCUT2D eigenvalue weighted by atomic mass is 19.1. The highest BCUT2D eigenvalue weighted by Crippen LogP contribution is 2.09. The third kappa shape index (κ3) is 1.66. The van der Waals surface area contributed by atoms with Crippen LogP contribution in [0.5, 0.6) is 0 Å². The molecule has 0 saturated heterocycles. The van der Waals surface area contributed by atoms with E-state index in [4.69, 9.17) is 5.11 Å². The van der Waals surface area contributed by atoms with Gasteiger partial charge in [0.05, 0.1) is 11.3 Å². The van der Waals surface area contributed by atoms with E-state index in [0.717, 1.165) is 12.1 Å². The highest BCUT2D eigenvalue weighted by molar-refractivity contribution is 6.13. The molecular weight excluding hydrogens is 161 g/mol. The van der Waals surface area contributed by atoms with Gasteiger partial charge in [0.2, 0.25) is 0 Å². The monoisotopic (exact) mass is 167 g/mol. The number of rotatable bonds is 2. The third-order valence-corrected chi connectivity index (χ3v) is 1.29. The second kappa shape index (κ2) is 3.13. The lowest BCUT2D eigenvalue weighted by Crippen LogP contribution is -2.00. The van der Waals surface area contributed by atoms with Gasteiger partial charge in [-0.15, -0.1) is 0 Å². The number of nitrogens with zero attached hydrogens (tertiary/aromatic N) is 1. The van der Waals surface area contributed by atoms with Gasteiger partial charge in [0.15, 0.2) is 0 Å².